The zero-order valence-corrected chi connectivity index (χ0v) is 18.4. The number of rotatable bonds is 7. The van der Waals surface area contributed by atoms with Crippen LogP contribution in [0.15, 0.2) is 42.5 Å². The third-order valence-electron chi connectivity index (χ3n) is 4.71. The Morgan fingerprint density at radius 1 is 0.968 bits per heavy atom. The molecule has 0 bridgehead atoms. The number of nitrogens with one attached hydrogen (secondary N) is 2. The highest BCUT2D eigenvalue weighted by atomic mass is 32.1. The highest BCUT2D eigenvalue weighted by Gasteiger charge is 2.17. The van der Waals surface area contributed by atoms with Gasteiger partial charge in [-0.15, -0.1) is 11.3 Å². The molecule has 0 aliphatic heterocycles. The molecule has 0 aliphatic carbocycles. The van der Waals surface area contributed by atoms with E-state index in [0.717, 1.165) is 21.7 Å². The highest BCUT2D eigenvalue weighted by Crippen LogP contribution is 2.30. The van der Waals surface area contributed by atoms with Crippen LogP contribution >= 0.6 is 11.3 Å². The maximum Gasteiger partial charge on any atom is 0.263 e. The van der Waals surface area contributed by atoms with Gasteiger partial charge >= 0.3 is 0 Å². The fourth-order valence-electron chi connectivity index (χ4n) is 3.08. The Kier molecular flexibility index (Phi) is 6.81. The van der Waals surface area contributed by atoms with E-state index in [1.54, 1.807) is 24.3 Å². The van der Waals surface area contributed by atoms with E-state index in [1.165, 1.54) is 16.9 Å². The number of hydrogen-bond acceptors (Lipinski definition) is 5. The zero-order valence-electron chi connectivity index (χ0n) is 17.6. The van der Waals surface area contributed by atoms with Crippen molar-refractivity contribution in [3.05, 3.63) is 75.3 Å². The van der Waals surface area contributed by atoms with Crippen LogP contribution in [0.2, 0.25) is 0 Å². The van der Waals surface area contributed by atoms with Crippen LogP contribution in [-0.4, -0.2) is 29.3 Å². The van der Waals surface area contributed by atoms with Crippen LogP contribution in [0, 0.1) is 20.8 Å². The number of aromatic nitrogens is 1. The maximum atomic E-state index is 12.7. The van der Waals surface area contributed by atoms with Crippen molar-refractivity contribution >= 4 is 29.1 Å². The summed E-state index contributed by atoms with van der Waals surface area (Å²) in [6, 6.07) is 12.9. The van der Waals surface area contributed by atoms with E-state index in [-0.39, 0.29) is 18.4 Å². The zero-order chi connectivity index (χ0) is 22.5. The number of nitrogens with zero attached hydrogens (tertiary/aromatic N) is 1. The lowest BCUT2D eigenvalue weighted by Gasteiger charge is -2.06. The number of benzene rings is 2. The molecule has 8 heteroatoms. The van der Waals surface area contributed by atoms with Gasteiger partial charge < -0.3 is 16.4 Å². The third kappa shape index (κ3) is 5.55. The Morgan fingerprint density at radius 3 is 2.32 bits per heavy atom. The second-order valence-electron chi connectivity index (χ2n) is 7.28. The molecule has 0 saturated heterocycles. The van der Waals surface area contributed by atoms with Crippen LogP contribution in [-0.2, 0) is 11.3 Å². The molecule has 1 aromatic heterocycles. The standard InChI is InChI=1S/C23H24N4O3S/c1-13-4-9-18(14(2)10-13)23-27-15(3)20(31-23)22(30)25-11-16-5-7-17(8-6-16)21(29)26-12-19(24)28/h4-10H,11-12H2,1-3H3,(H2,24,28)(H,25,30)(H,26,29). The molecule has 31 heavy (non-hydrogen) atoms. The van der Waals surface area contributed by atoms with Crippen LogP contribution in [0.4, 0.5) is 0 Å². The van der Waals surface area contributed by atoms with Gasteiger partial charge in [0.05, 0.1) is 12.2 Å². The molecular weight excluding hydrogens is 412 g/mol. The molecule has 0 aliphatic rings. The number of carbonyl (C=O) groups excluding carboxylic acids is 3. The smallest absolute Gasteiger partial charge is 0.263 e. The maximum absolute atomic E-state index is 12.7. The van der Waals surface area contributed by atoms with Crippen molar-refractivity contribution in [2.75, 3.05) is 6.54 Å². The van der Waals surface area contributed by atoms with E-state index in [0.29, 0.717) is 22.7 Å². The van der Waals surface area contributed by atoms with Crippen LogP contribution in [0.3, 0.4) is 0 Å². The van der Waals surface area contributed by atoms with Crippen molar-refractivity contribution in [3.63, 3.8) is 0 Å². The molecule has 3 amide bonds. The molecule has 0 spiro atoms. The Balaban J connectivity index is 1.64. The topological polar surface area (TPSA) is 114 Å². The number of hydrogen-bond donors (Lipinski definition) is 3. The molecule has 1 heterocycles. The first-order valence-corrected chi connectivity index (χ1v) is 10.5. The van der Waals surface area contributed by atoms with Gasteiger partial charge in [0.2, 0.25) is 5.91 Å². The SMILES string of the molecule is Cc1ccc(-c2nc(C)c(C(=O)NCc3ccc(C(=O)NCC(N)=O)cc3)s2)c(C)c1. The summed E-state index contributed by atoms with van der Waals surface area (Å²) in [6.45, 7) is 6.02. The minimum Gasteiger partial charge on any atom is -0.368 e. The Labute approximate surface area is 184 Å². The first-order valence-electron chi connectivity index (χ1n) is 9.73. The van der Waals surface area contributed by atoms with Gasteiger partial charge in [0, 0.05) is 17.7 Å². The van der Waals surface area contributed by atoms with Crippen molar-refractivity contribution in [3.8, 4) is 10.6 Å². The van der Waals surface area contributed by atoms with E-state index in [1.807, 2.05) is 32.9 Å². The van der Waals surface area contributed by atoms with Gasteiger partial charge in [0.15, 0.2) is 0 Å². The molecule has 160 valence electrons. The second-order valence-corrected chi connectivity index (χ2v) is 8.28. The summed E-state index contributed by atoms with van der Waals surface area (Å²) in [5.74, 6) is -1.17. The molecule has 4 N–H and O–H groups in total. The molecule has 0 unspecified atom stereocenters. The molecule has 3 aromatic rings. The predicted molar refractivity (Wildman–Crippen MR) is 121 cm³/mol. The van der Waals surface area contributed by atoms with Crippen molar-refractivity contribution in [2.24, 2.45) is 5.73 Å². The summed E-state index contributed by atoms with van der Waals surface area (Å²) >= 11 is 1.38. The molecule has 0 saturated carbocycles. The minimum atomic E-state index is -0.605. The lowest BCUT2D eigenvalue weighted by Crippen LogP contribution is -2.33. The van der Waals surface area contributed by atoms with Gasteiger partial charge in [0.1, 0.15) is 9.88 Å². The Bertz CT molecular complexity index is 1140. The van der Waals surface area contributed by atoms with Crippen molar-refractivity contribution in [1.29, 1.82) is 0 Å². The van der Waals surface area contributed by atoms with E-state index in [4.69, 9.17) is 5.73 Å². The summed E-state index contributed by atoms with van der Waals surface area (Å²) in [5.41, 5.74) is 10.3. The van der Waals surface area contributed by atoms with Gasteiger partial charge in [-0.2, -0.15) is 0 Å². The first-order chi connectivity index (χ1) is 14.7. The summed E-state index contributed by atoms with van der Waals surface area (Å²) in [7, 11) is 0. The van der Waals surface area contributed by atoms with Crippen LogP contribution in [0.1, 0.15) is 42.4 Å². The quantitative estimate of drug-likeness (QED) is 0.528. The van der Waals surface area contributed by atoms with Crippen molar-refractivity contribution < 1.29 is 14.4 Å². The van der Waals surface area contributed by atoms with Gasteiger partial charge in [0.25, 0.3) is 11.8 Å². The predicted octanol–water partition coefficient (Wildman–Crippen LogP) is 2.88. The number of primary amides is 1. The molecule has 0 atom stereocenters. The summed E-state index contributed by atoms with van der Waals surface area (Å²) in [5, 5.41) is 6.16. The van der Waals surface area contributed by atoms with Crippen LogP contribution in [0.25, 0.3) is 10.6 Å². The summed E-state index contributed by atoms with van der Waals surface area (Å²) < 4.78 is 0. The van der Waals surface area contributed by atoms with E-state index < -0.39 is 5.91 Å². The normalized spacial score (nSPS) is 10.5. The average Bonchev–Trinajstić information content (AvgIpc) is 3.12. The summed E-state index contributed by atoms with van der Waals surface area (Å²) in [6.07, 6.45) is 0. The van der Waals surface area contributed by atoms with Gasteiger partial charge in [-0.1, -0.05) is 35.9 Å². The molecule has 7 nitrogen and oxygen atoms in total. The molecule has 0 radical (unpaired) electrons. The molecular formula is C23H24N4O3S. The third-order valence-corrected chi connectivity index (χ3v) is 5.90. The number of amides is 3. The number of aryl methyl sites for hydroxylation is 3. The summed E-state index contributed by atoms with van der Waals surface area (Å²) in [4.78, 5) is 40.5. The molecule has 2 aromatic carbocycles. The lowest BCUT2D eigenvalue weighted by molar-refractivity contribution is -0.117. The van der Waals surface area contributed by atoms with Crippen LogP contribution in [0.5, 0.6) is 0 Å². The fraction of sp³-hybridized carbons (Fsp3) is 0.217. The van der Waals surface area contributed by atoms with Crippen LogP contribution < -0.4 is 16.4 Å². The van der Waals surface area contributed by atoms with Crippen molar-refractivity contribution in [2.45, 2.75) is 27.3 Å². The molecule has 0 fully saturated rings. The monoisotopic (exact) mass is 436 g/mol. The van der Waals surface area contributed by atoms with E-state index in [2.05, 4.69) is 21.7 Å². The second kappa shape index (κ2) is 9.53. The number of carbonyl (C=O) groups is 3. The van der Waals surface area contributed by atoms with E-state index >= 15 is 0 Å². The van der Waals surface area contributed by atoms with Gasteiger partial charge in [-0.25, -0.2) is 4.98 Å². The minimum absolute atomic E-state index is 0.186. The number of thiazole rings is 1. The van der Waals surface area contributed by atoms with Gasteiger partial charge in [-0.05, 0) is 44.0 Å². The molecule has 3 rings (SSSR count). The number of nitrogens with two attached hydrogens (primary N) is 1. The van der Waals surface area contributed by atoms with Crippen molar-refractivity contribution in [1.82, 2.24) is 15.6 Å². The lowest BCUT2D eigenvalue weighted by atomic mass is 10.1. The highest BCUT2D eigenvalue weighted by molar-refractivity contribution is 7.17. The van der Waals surface area contributed by atoms with Gasteiger partial charge in [-0.3, -0.25) is 14.4 Å². The first kappa shape index (κ1) is 22.2. The largest absolute Gasteiger partial charge is 0.368 e. The average molecular weight is 437 g/mol. The van der Waals surface area contributed by atoms with E-state index in [9.17, 15) is 14.4 Å². The Hall–Kier alpha value is -3.52. The Morgan fingerprint density at radius 2 is 1.68 bits per heavy atom. The fourth-order valence-corrected chi connectivity index (χ4v) is 4.16.